The smallest absolute Gasteiger partial charge is 0.337 e. The first-order chi connectivity index (χ1) is 17.1. The maximum Gasteiger partial charge on any atom is 0.337 e. The number of anilines is 1. The highest BCUT2D eigenvalue weighted by Gasteiger charge is 2.33. The number of piperidine rings is 1. The first-order valence-electron chi connectivity index (χ1n) is 11.0. The number of rotatable bonds is 8. The summed E-state index contributed by atoms with van der Waals surface area (Å²) in [6, 6.07) is 8.48. The number of nitrogens with zero attached hydrogens (tertiary/aromatic N) is 1. The molecule has 0 saturated carbocycles. The van der Waals surface area contributed by atoms with Gasteiger partial charge in [0.15, 0.2) is 11.5 Å². The number of nitrogens with one attached hydrogen (secondary N) is 1. The summed E-state index contributed by atoms with van der Waals surface area (Å²) in [4.78, 5) is 36.9. The Hall–Kier alpha value is -3.64. The number of sulfonamides is 1. The van der Waals surface area contributed by atoms with E-state index in [1.807, 2.05) is 0 Å². The average molecular weight is 521 g/mol. The molecule has 0 atom stereocenters. The summed E-state index contributed by atoms with van der Waals surface area (Å²) < 4.78 is 47.4. The standard InChI is InChI=1S/C24H28N2O9S/c1-32-20-6-5-19(14-21(20)33-2)36(30,31)26-9-7-15(8-10-26)22(27)25-18-12-16(23(28)34-3)11-17(13-18)24(29)35-4/h5-6,11-15H,7-10H2,1-4H3,(H,25,27). The molecule has 1 fully saturated rings. The van der Waals surface area contributed by atoms with Crippen LogP contribution in [0.15, 0.2) is 41.3 Å². The largest absolute Gasteiger partial charge is 0.493 e. The summed E-state index contributed by atoms with van der Waals surface area (Å²) in [7, 11) is 1.49. The molecule has 0 bridgehead atoms. The van der Waals surface area contributed by atoms with Gasteiger partial charge in [0.25, 0.3) is 0 Å². The molecule has 0 aliphatic carbocycles. The maximum absolute atomic E-state index is 13.1. The maximum atomic E-state index is 13.1. The van der Waals surface area contributed by atoms with Gasteiger partial charge in [-0.25, -0.2) is 18.0 Å². The first kappa shape index (κ1) is 27.0. The molecule has 1 aliphatic rings. The molecule has 1 saturated heterocycles. The highest BCUT2D eigenvalue weighted by molar-refractivity contribution is 7.89. The minimum Gasteiger partial charge on any atom is -0.493 e. The van der Waals surface area contributed by atoms with Crippen molar-refractivity contribution in [2.45, 2.75) is 17.7 Å². The Kier molecular flexibility index (Phi) is 8.53. The molecule has 12 heteroatoms. The van der Waals surface area contributed by atoms with Crippen molar-refractivity contribution in [1.29, 1.82) is 0 Å². The van der Waals surface area contributed by atoms with E-state index in [0.717, 1.165) is 0 Å². The summed E-state index contributed by atoms with van der Waals surface area (Å²) in [6.07, 6.45) is 0.581. The Morgan fingerprint density at radius 2 is 1.39 bits per heavy atom. The fourth-order valence-corrected chi connectivity index (χ4v) is 5.39. The van der Waals surface area contributed by atoms with E-state index in [-0.39, 0.29) is 40.7 Å². The van der Waals surface area contributed by atoms with Crippen LogP contribution in [0.1, 0.15) is 33.6 Å². The zero-order chi connectivity index (χ0) is 26.5. The fourth-order valence-electron chi connectivity index (χ4n) is 3.90. The lowest BCUT2D eigenvalue weighted by molar-refractivity contribution is -0.120. The van der Waals surface area contributed by atoms with Gasteiger partial charge in [-0.15, -0.1) is 0 Å². The average Bonchev–Trinajstić information content (AvgIpc) is 2.91. The summed E-state index contributed by atoms with van der Waals surface area (Å²) in [5, 5.41) is 2.71. The van der Waals surface area contributed by atoms with Crippen LogP contribution in [0.3, 0.4) is 0 Å². The van der Waals surface area contributed by atoms with Crippen molar-refractivity contribution >= 4 is 33.6 Å². The second kappa shape index (κ2) is 11.4. The van der Waals surface area contributed by atoms with E-state index in [0.29, 0.717) is 24.3 Å². The summed E-state index contributed by atoms with van der Waals surface area (Å²) in [5.41, 5.74) is 0.377. The van der Waals surface area contributed by atoms with Crippen LogP contribution in [0.25, 0.3) is 0 Å². The van der Waals surface area contributed by atoms with Crippen molar-refractivity contribution in [2.24, 2.45) is 5.92 Å². The number of carbonyl (C=O) groups is 3. The number of hydrogen-bond donors (Lipinski definition) is 1. The van der Waals surface area contributed by atoms with E-state index >= 15 is 0 Å². The number of ether oxygens (including phenoxy) is 4. The Labute approximate surface area is 209 Å². The van der Waals surface area contributed by atoms with E-state index in [1.54, 1.807) is 0 Å². The quantitative estimate of drug-likeness (QED) is 0.520. The Morgan fingerprint density at radius 1 is 0.833 bits per heavy atom. The predicted molar refractivity (Wildman–Crippen MR) is 129 cm³/mol. The van der Waals surface area contributed by atoms with Gasteiger partial charge in [-0.3, -0.25) is 4.79 Å². The second-order valence-electron chi connectivity index (χ2n) is 7.97. The molecule has 3 rings (SSSR count). The molecule has 0 unspecified atom stereocenters. The SMILES string of the molecule is COC(=O)c1cc(NC(=O)C2CCN(S(=O)(=O)c3ccc(OC)c(OC)c3)CC2)cc(C(=O)OC)c1. The molecule has 11 nitrogen and oxygen atoms in total. The molecule has 2 aromatic carbocycles. The number of benzene rings is 2. The van der Waals surface area contributed by atoms with Crippen LogP contribution in [-0.2, 0) is 24.3 Å². The van der Waals surface area contributed by atoms with Crippen LogP contribution in [0.2, 0.25) is 0 Å². The number of amides is 1. The van der Waals surface area contributed by atoms with E-state index in [9.17, 15) is 22.8 Å². The molecule has 1 heterocycles. The lowest BCUT2D eigenvalue weighted by Crippen LogP contribution is -2.41. The van der Waals surface area contributed by atoms with Crippen molar-refractivity contribution in [2.75, 3.05) is 46.8 Å². The van der Waals surface area contributed by atoms with Crippen LogP contribution in [-0.4, -0.2) is 72.1 Å². The number of esters is 2. The van der Waals surface area contributed by atoms with Crippen LogP contribution in [0, 0.1) is 5.92 Å². The van der Waals surface area contributed by atoms with Crippen LogP contribution in [0.4, 0.5) is 5.69 Å². The molecule has 1 aliphatic heterocycles. The van der Waals surface area contributed by atoms with Gasteiger partial charge in [0, 0.05) is 30.8 Å². The molecule has 36 heavy (non-hydrogen) atoms. The van der Waals surface area contributed by atoms with Gasteiger partial charge in [-0.1, -0.05) is 0 Å². The zero-order valence-corrected chi connectivity index (χ0v) is 21.2. The second-order valence-corrected chi connectivity index (χ2v) is 9.90. The Bertz CT molecular complexity index is 1220. The minimum absolute atomic E-state index is 0.0676. The molecule has 1 N–H and O–H groups in total. The summed E-state index contributed by atoms with van der Waals surface area (Å²) >= 11 is 0. The van der Waals surface area contributed by atoms with Gasteiger partial charge in [0.05, 0.1) is 44.5 Å². The third-order valence-corrected chi connectivity index (χ3v) is 7.75. The van der Waals surface area contributed by atoms with Gasteiger partial charge < -0.3 is 24.3 Å². The minimum atomic E-state index is -3.80. The van der Waals surface area contributed by atoms with Crippen LogP contribution >= 0.6 is 0 Å². The van der Waals surface area contributed by atoms with Crippen molar-refractivity contribution in [3.63, 3.8) is 0 Å². The van der Waals surface area contributed by atoms with Crippen molar-refractivity contribution in [3.8, 4) is 11.5 Å². The monoisotopic (exact) mass is 520 g/mol. The summed E-state index contributed by atoms with van der Waals surface area (Å²) in [6.45, 7) is 0.286. The first-order valence-corrected chi connectivity index (χ1v) is 12.4. The van der Waals surface area contributed by atoms with E-state index in [1.165, 1.54) is 69.1 Å². The molecular weight excluding hydrogens is 492 g/mol. The molecule has 194 valence electrons. The van der Waals surface area contributed by atoms with E-state index < -0.39 is 27.9 Å². The van der Waals surface area contributed by atoms with Gasteiger partial charge in [0.2, 0.25) is 15.9 Å². The van der Waals surface area contributed by atoms with Crippen molar-refractivity contribution < 1.29 is 41.7 Å². The molecular formula is C24H28N2O9S. The molecule has 0 aromatic heterocycles. The lowest BCUT2D eigenvalue weighted by atomic mass is 9.97. The Morgan fingerprint density at radius 3 is 1.89 bits per heavy atom. The highest BCUT2D eigenvalue weighted by Crippen LogP contribution is 2.32. The molecule has 1 amide bonds. The number of hydrogen-bond acceptors (Lipinski definition) is 9. The van der Waals surface area contributed by atoms with Crippen molar-refractivity contribution in [3.05, 3.63) is 47.5 Å². The lowest BCUT2D eigenvalue weighted by Gasteiger charge is -2.30. The van der Waals surface area contributed by atoms with E-state index in [2.05, 4.69) is 5.32 Å². The van der Waals surface area contributed by atoms with Gasteiger partial charge in [-0.05, 0) is 43.2 Å². The fraction of sp³-hybridized carbons (Fsp3) is 0.375. The Balaban J connectivity index is 1.71. The molecule has 2 aromatic rings. The van der Waals surface area contributed by atoms with Gasteiger partial charge >= 0.3 is 11.9 Å². The predicted octanol–water partition coefficient (Wildman–Crippen LogP) is 2.32. The zero-order valence-electron chi connectivity index (χ0n) is 20.4. The highest BCUT2D eigenvalue weighted by atomic mass is 32.2. The van der Waals surface area contributed by atoms with Crippen LogP contribution in [0.5, 0.6) is 11.5 Å². The van der Waals surface area contributed by atoms with E-state index in [4.69, 9.17) is 18.9 Å². The van der Waals surface area contributed by atoms with Gasteiger partial charge in [-0.2, -0.15) is 4.31 Å². The third-order valence-electron chi connectivity index (χ3n) is 5.86. The normalized spacial score (nSPS) is 14.6. The van der Waals surface area contributed by atoms with Crippen LogP contribution < -0.4 is 14.8 Å². The topological polar surface area (TPSA) is 138 Å². The number of carbonyl (C=O) groups excluding carboxylic acids is 3. The molecule has 0 spiro atoms. The van der Waals surface area contributed by atoms with Crippen molar-refractivity contribution in [1.82, 2.24) is 4.31 Å². The summed E-state index contributed by atoms with van der Waals surface area (Å²) in [5.74, 6) is -1.46. The number of methoxy groups -OCH3 is 4. The molecule has 0 radical (unpaired) electrons. The van der Waals surface area contributed by atoms with Gasteiger partial charge in [0.1, 0.15) is 0 Å². The third kappa shape index (κ3) is 5.77.